The van der Waals surface area contributed by atoms with Crippen molar-refractivity contribution in [3.63, 3.8) is 0 Å². The molecule has 0 bridgehead atoms. The molecule has 2 fully saturated rings. The van der Waals surface area contributed by atoms with Gasteiger partial charge in [0.25, 0.3) is 0 Å². The van der Waals surface area contributed by atoms with E-state index >= 15 is 0 Å². The first-order chi connectivity index (χ1) is 11.3. The van der Waals surface area contributed by atoms with E-state index in [1.54, 1.807) is 0 Å². The SMILES string of the molecule is O=C(Nc1ccccc1)C1CCN(c2nc(C3CC3)ns2)CC1. The van der Waals surface area contributed by atoms with Gasteiger partial charge in [0.15, 0.2) is 0 Å². The molecule has 0 atom stereocenters. The number of rotatable bonds is 4. The van der Waals surface area contributed by atoms with Crippen LogP contribution < -0.4 is 10.2 Å². The molecule has 5 nitrogen and oxygen atoms in total. The molecule has 1 N–H and O–H groups in total. The summed E-state index contributed by atoms with van der Waals surface area (Å²) in [4.78, 5) is 19.3. The predicted octanol–water partition coefficient (Wildman–Crippen LogP) is 3.27. The molecule has 2 aromatic rings. The Kier molecular flexibility index (Phi) is 3.99. The molecule has 1 amide bonds. The topological polar surface area (TPSA) is 58.1 Å². The summed E-state index contributed by atoms with van der Waals surface area (Å²) in [6.07, 6.45) is 4.21. The van der Waals surface area contributed by atoms with Crippen molar-refractivity contribution in [1.29, 1.82) is 0 Å². The second-order valence-electron chi connectivity index (χ2n) is 6.33. The van der Waals surface area contributed by atoms with Crippen LogP contribution in [0.3, 0.4) is 0 Å². The van der Waals surface area contributed by atoms with Crippen molar-refractivity contribution in [1.82, 2.24) is 9.36 Å². The van der Waals surface area contributed by atoms with Gasteiger partial charge in [0.05, 0.1) is 0 Å². The highest BCUT2D eigenvalue weighted by atomic mass is 32.1. The number of para-hydroxylation sites is 1. The number of piperidine rings is 1. The Morgan fingerprint density at radius 1 is 1.13 bits per heavy atom. The van der Waals surface area contributed by atoms with Crippen molar-refractivity contribution in [3.8, 4) is 0 Å². The van der Waals surface area contributed by atoms with Gasteiger partial charge in [-0.15, -0.1) is 0 Å². The largest absolute Gasteiger partial charge is 0.347 e. The molecule has 0 spiro atoms. The summed E-state index contributed by atoms with van der Waals surface area (Å²) in [5.41, 5.74) is 0.873. The summed E-state index contributed by atoms with van der Waals surface area (Å²) in [5, 5.41) is 4.03. The van der Waals surface area contributed by atoms with Crippen LogP contribution in [0.2, 0.25) is 0 Å². The van der Waals surface area contributed by atoms with Gasteiger partial charge in [0, 0.05) is 42.1 Å². The van der Waals surface area contributed by atoms with E-state index in [9.17, 15) is 4.79 Å². The van der Waals surface area contributed by atoms with Gasteiger partial charge in [-0.1, -0.05) is 18.2 Å². The van der Waals surface area contributed by atoms with Crippen LogP contribution in [0.15, 0.2) is 30.3 Å². The maximum atomic E-state index is 12.4. The number of anilines is 2. The molecule has 1 aromatic carbocycles. The fraction of sp³-hybridized carbons (Fsp3) is 0.471. The van der Waals surface area contributed by atoms with E-state index in [4.69, 9.17) is 0 Å². The lowest BCUT2D eigenvalue weighted by atomic mass is 9.96. The summed E-state index contributed by atoms with van der Waals surface area (Å²) in [6, 6.07) is 9.67. The van der Waals surface area contributed by atoms with Crippen LogP contribution in [0, 0.1) is 5.92 Å². The molecule has 120 valence electrons. The number of nitrogens with one attached hydrogen (secondary N) is 1. The van der Waals surface area contributed by atoms with Crippen molar-refractivity contribution >= 4 is 28.3 Å². The van der Waals surface area contributed by atoms with Crippen molar-refractivity contribution in [2.75, 3.05) is 23.3 Å². The van der Waals surface area contributed by atoms with Gasteiger partial charge in [-0.3, -0.25) is 4.79 Å². The Labute approximate surface area is 139 Å². The molecule has 2 aliphatic rings. The van der Waals surface area contributed by atoms with E-state index in [0.29, 0.717) is 5.92 Å². The minimum absolute atomic E-state index is 0.0854. The van der Waals surface area contributed by atoms with Crippen LogP contribution >= 0.6 is 11.5 Å². The lowest BCUT2D eigenvalue weighted by molar-refractivity contribution is -0.120. The van der Waals surface area contributed by atoms with Gasteiger partial charge in [0.2, 0.25) is 11.0 Å². The quantitative estimate of drug-likeness (QED) is 0.936. The number of hydrogen-bond acceptors (Lipinski definition) is 5. The highest BCUT2D eigenvalue weighted by molar-refractivity contribution is 7.09. The summed E-state index contributed by atoms with van der Waals surface area (Å²) in [7, 11) is 0. The molecule has 0 radical (unpaired) electrons. The minimum atomic E-state index is 0.0854. The van der Waals surface area contributed by atoms with Crippen LogP contribution in [-0.4, -0.2) is 28.4 Å². The highest BCUT2D eigenvalue weighted by Gasteiger charge is 2.30. The second kappa shape index (κ2) is 6.28. The number of benzene rings is 1. The Bertz CT molecular complexity index is 675. The molecular weight excluding hydrogens is 308 g/mol. The smallest absolute Gasteiger partial charge is 0.227 e. The summed E-state index contributed by atoms with van der Waals surface area (Å²) in [6.45, 7) is 1.76. The molecule has 1 saturated carbocycles. The van der Waals surface area contributed by atoms with Gasteiger partial charge >= 0.3 is 0 Å². The third-order valence-corrected chi connectivity index (χ3v) is 5.34. The third kappa shape index (κ3) is 3.37. The number of nitrogens with zero attached hydrogens (tertiary/aromatic N) is 3. The Hall–Kier alpha value is -1.95. The lowest BCUT2D eigenvalue weighted by Crippen LogP contribution is -2.38. The predicted molar refractivity (Wildman–Crippen MR) is 91.9 cm³/mol. The molecule has 6 heteroatoms. The van der Waals surface area contributed by atoms with E-state index in [0.717, 1.165) is 42.6 Å². The van der Waals surface area contributed by atoms with Crippen molar-refractivity contribution in [3.05, 3.63) is 36.2 Å². The molecule has 1 saturated heterocycles. The van der Waals surface area contributed by atoms with E-state index in [1.165, 1.54) is 24.4 Å². The fourth-order valence-corrected chi connectivity index (χ4v) is 3.76. The van der Waals surface area contributed by atoms with Gasteiger partial charge in [-0.2, -0.15) is 4.37 Å². The Morgan fingerprint density at radius 2 is 1.87 bits per heavy atom. The Morgan fingerprint density at radius 3 is 2.57 bits per heavy atom. The number of carbonyl (C=O) groups excluding carboxylic acids is 1. The van der Waals surface area contributed by atoms with Crippen LogP contribution in [0.5, 0.6) is 0 Å². The van der Waals surface area contributed by atoms with E-state index in [-0.39, 0.29) is 11.8 Å². The third-order valence-electron chi connectivity index (χ3n) is 4.55. The van der Waals surface area contributed by atoms with E-state index in [1.807, 2.05) is 30.3 Å². The van der Waals surface area contributed by atoms with Gasteiger partial charge in [0.1, 0.15) is 5.82 Å². The fourth-order valence-electron chi connectivity index (χ4n) is 2.96. The number of carbonyl (C=O) groups is 1. The highest BCUT2D eigenvalue weighted by Crippen LogP contribution is 2.40. The molecule has 23 heavy (non-hydrogen) atoms. The first-order valence-corrected chi connectivity index (χ1v) is 9.01. The standard InChI is InChI=1S/C17H20N4OS/c22-16(18-14-4-2-1-3-5-14)13-8-10-21(11-9-13)17-19-15(20-23-17)12-6-7-12/h1-5,12-13H,6-11H2,(H,18,22). The molecule has 4 rings (SSSR count). The van der Waals surface area contributed by atoms with Crippen LogP contribution in [-0.2, 0) is 4.79 Å². The normalized spacial score (nSPS) is 18.9. The average Bonchev–Trinajstić information content (AvgIpc) is 3.33. The summed E-state index contributed by atoms with van der Waals surface area (Å²) >= 11 is 1.50. The zero-order valence-corrected chi connectivity index (χ0v) is 13.8. The molecular formula is C17H20N4OS. The first kappa shape index (κ1) is 14.6. The first-order valence-electron chi connectivity index (χ1n) is 8.24. The van der Waals surface area contributed by atoms with Crippen LogP contribution in [0.1, 0.15) is 37.4 Å². The van der Waals surface area contributed by atoms with Crippen molar-refractivity contribution in [2.24, 2.45) is 5.92 Å². The van der Waals surface area contributed by atoms with Crippen LogP contribution in [0.4, 0.5) is 10.8 Å². The van der Waals surface area contributed by atoms with Crippen molar-refractivity contribution < 1.29 is 4.79 Å². The lowest BCUT2D eigenvalue weighted by Gasteiger charge is -2.30. The monoisotopic (exact) mass is 328 g/mol. The maximum absolute atomic E-state index is 12.4. The molecule has 1 aliphatic carbocycles. The van der Waals surface area contributed by atoms with Gasteiger partial charge < -0.3 is 10.2 Å². The second-order valence-corrected chi connectivity index (χ2v) is 7.06. The van der Waals surface area contributed by atoms with Gasteiger partial charge in [-0.05, 0) is 37.8 Å². The minimum Gasteiger partial charge on any atom is -0.347 e. The zero-order valence-electron chi connectivity index (χ0n) is 12.9. The molecule has 0 unspecified atom stereocenters. The Balaban J connectivity index is 1.32. The average molecular weight is 328 g/mol. The number of aromatic nitrogens is 2. The molecule has 1 aromatic heterocycles. The summed E-state index contributed by atoms with van der Waals surface area (Å²) in [5.74, 6) is 1.84. The van der Waals surface area contributed by atoms with Gasteiger partial charge in [-0.25, -0.2) is 4.98 Å². The summed E-state index contributed by atoms with van der Waals surface area (Å²) < 4.78 is 4.47. The van der Waals surface area contributed by atoms with E-state index in [2.05, 4.69) is 19.6 Å². The molecule has 1 aliphatic heterocycles. The maximum Gasteiger partial charge on any atom is 0.227 e. The number of amides is 1. The van der Waals surface area contributed by atoms with Crippen molar-refractivity contribution in [2.45, 2.75) is 31.6 Å². The number of hydrogen-bond donors (Lipinski definition) is 1. The molecule has 2 heterocycles. The van der Waals surface area contributed by atoms with E-state index < -0.39 is 0 Å². The van der Waals surface area contributed by atoms with Crippen LogP contribution in [0.25, 0.3) is 0 Å². The zero-order chi connectivity index (χ0) is 15.6.